The van der Waals surface area contributed by atoms with Crippen molar-refractivity contribution in [1.29, 1.82) is 0 Å². The molecule has 1 aliphatic carbocycles. The van der Waals surface area contributed by atoms with Gasteiger partial charge in [0.25, 0.3) is 5.56 Å². The number of benzene rings is 1. The van der Waals surface area contributed by atoms with E-state index in [4.69, 9.17) is 5.11 Å². The Hall–Kier alpha value is -3.07. The van der Waals surface area contributed by atoms with Gasteiger partial charge in [-0.1, -0.05) is 0 Å². The van der Waals surface area contributed by atoms with Crippen LogP contribution in [0.2, 0.25) is 0 Å². The third-order valence-electron chi connectivity index (χ3n) is 6.95. The first-order valence-electron chi connectivity index (χ1n) is 10.7. The zero-order valence-corrected chi connectivity index (χ0v) is 18.6. The van der Waals surface area contributed by atoms with Gasteiger partial charge >= 0.3 is 5.97 Å². The lowest BCUT2D eigenvalue weighted by Gasteiger charge is -2.35. The molecule has 0 amide bonds. The molecule has 3 heterocycles. The predicted octanol–water partition coefficient (Wildman–Crippen LogP) is 2.77. The number of aromatic nitrogens is 2. The molecule has 1 aromatic carbocycles. The van der Waals surface area contributed by atoms with Gasteiger partial charge in [-0.3, -0.25) is 9.59 Å². The van der Waals surface area contributed by atoms with Crippen LogP contribution in [-0.4, -0.2) is 47.9 Å². The van der Waals surface area contributed by atoms with E-state index in [1.54, 1.807) is 31.6 Å². The summed E-state index contributed by atoms with van der Waals surface area (Å²) in [5.41, 5.74) is 3.09. The number of nitrogens with one attached hydrogen (secondary N) is 1. The topological polar surface area (TPSA) is 112 Å². The highest BCUT2D eigenvalue weighted by Crippen LogP contribution is 2.54. The Bertz CT molecular complexity index is 1390. The number of carboxylic acid groups (broad SMARTS) is 1. The average Bonchev–Trinajstić information content (AvgIpc) is 3.31. The van der Waals surface area contributed by atoms with Crippen LogP contribution in [0.1, 0.15) is 25.7 Å². The molecule has 8 nitrogen and oxygen atoms in total. The van der Waals surface area contributed by atoms with E-state index in [0.29, 0.717) is 21.9 Å². The molecule has 1 spiro atoms. The van der Waals surface area contributed by atoms with E-state index in [0.717, 1.165) is 37.2 Å². The number of H-pyrrole nitrogens is 1. The van der Waals surface area contributed by atoms with Crippen LogP contribution in [0.5, 0.6) is 0 Å². The molecule has 0 atom stereocenters. The summed E-state index contributed by atoms with van der Waals surface area (Å²) >= 11 is 0. The Morgan fingerprint density at radius 2 is 1.84 bits per heavy atom. The lowest BCUT2D eigenvalue weighted by atomic mass is 9.92. The molecular formula is C23H25N3O5S. The highest BCUT2D eigenvalue weighted by molar-refractivity contribution is 7.92. The molecule has 2 fully saturated rings. The zero-order chi connectivity index (χ0) is 22.7. The van der Waals surface area contributed by atoms with Gasteiger partial charge in [0.05, 0.1) is 4.90 Å². The Labute approximate surface area is 185 Å². The second kappa shape index (κ2) is 7.23. The molecule has 2 aromatic heterocycles. The van der Waals surface area contributed by atoms with Crippen LogP contribution in [0.15, 0.2) is 46.3 Å². The van der Waals surface area contributed by atoms with Gasteiger partial charge < -0.3 is 19.6 Å². The summed E-state index contributed by atoms with van der Waals surface area (Å²) in [7, 11) is -2.34. The van der Waals surface area contributed by atoms with Crippen molar-refractivity contribution in [1.82, 2.24) is 9.55 Å². The molecule has 5 rings (SSSR count). The van der Waals surface area contributed by atoms with Gasteiger partial charge in [-0.15, -0.1) is 0 Å². The fraction of sp³-hybridized carbons (Fsp3) is 0.391. The number of aromatic amines is 1. The fourth-order valence-corrected chi connectivity index (χ4v) is 5.89. The minimum absolute atomic E-state index is 0.0353. The fourth-order valence-electron chi connectivity index (χ4n) is 4.83. The van der Waals surface area contributed by atoms with Crippen LogP contribution in [0, 0.1) is 5.41 Å². The van der Waals surface area contributed by atoms with E-state index >= 15 is 0 Å². The SMILES string of the molecule is Cn1cc(-c2cc(S(=O)(=O)CC(=O)O)ccc2N2CCC3(CC2)CC3)c2cc[nH]c2c1=O. The number of aryl methyl sites for hydroxylation is 1. The van der Waals surface area contributed by atoms with Gasteiger partial charge in [0.2, 0.25) is 0 Å². The molecule has 32 heavy (non-hydrogen) atoms. The second-order valence-electron chi connectivity index (χ2n) is 9.04. The maximum atomic E-state index is 12.7. The number of fused-ring (bicyclic) bond motifs is 1. The van der Waals surface area contributed by atoms with Crippen molar-refractivity contribution in [2.24, 2.45) is 12.5 Å². The first kappa shape index (κ1) is 20.8. The van der Waals surface area contributed by atoms with Crippen LogP contribution in [0.4, 0.5) is 5.69 Å². The second-order valence-corrected chi connectivity index (χ2v) is 11.0. The lowest BCUT2D eigenvalue weighted by Crippen LogP contribution is -2.34. The smallest absolute Gasteiger partial charge is 0.319 e. The molecule has 0 unspecified atom stereocenters. The number of carboxylic acids is 1. The van der Waals surface area contributed by atoms with Crippen molar-refractivity contribution in [2.75, 3.05) is 23.7 Å². The summed E-state index contributed by atoms with van der Waals surface area (Å²) in [6, 6.07) is 6.64. The number of aliphatic carboxylic acids is 1. The van der Waals surface area contributed by atoms with Crippen LogP contribution < -0.4 is 10.5 Å². The number of carbonyl (C=O) groups is 1. The molecule has 1 saturated carbocycles. The molecule has 3 aromatic rings. The Morgan fingerprint density at radius 3 is 2.50 bits per heavy atom. The number of hydrogen-bond donors (Lipinski definition) is 2. The summed E-state index contributed by atoms with van der Waals surface area (Å²) in [4.78, 5) is 28.9. The molecular weight excluding hydrogens is 430 g/mol. The van der Waals surface area contributed by atoms with Crippen molar-refractivity contribution in [2.45, 2.75) is 30.6 Å². The summed E-state index contributed by atoms with van der Waals surface area (Å²) in [6.07, 6.45) is 8.20. The number of rotatable bonds is 5. The first-order chi connectivity index (χ1) is 15.2. The van der Waals surface area contributed by atoms with E-state index in [2.05, 4.69) is 9.88 Å². The van der Waals surface area contributed by atoms with E-state index in [1.165, 1.54) is 23.5 Å². The highest BCUT2D eigenvalue weighted by atomic mass is 32.2. The van der Waals surface area contributed by atoms with Crippen molar-refractivity contribution >= 4 is 32.4 Å². The van der Waals surface area contributed by atoms with Gasteiger partial charge in [0.1, 0.15) is 5.52 Å². The third kappa shape index (κ3) is 3.50. The van der Waals surface area contributed by atoms with Crippen molar-refractivity contribution in [3.8, 4) is 11.1 Å². The number of piperidine rings is 1. The highest BCUT2D eigenvalue weighted by Gasteiger charge is 2.44. The Balaban J connectivity index is 1.69. The van der Waals surface area contributed by atoms with Crippen LogP contribution in [0.3, 0.4) is 0 Å². The van der Waals surface area contributed by atoms with E-state index in [-0.39, 0.29) is 10.5 Å². The molecule has 2 N–H and O–H groups in total. The molecule has 0 bridgehead atoms. The molecule has 168 valence electrons. The summed E-state index contributed by atoms with van der Waals surface area (Å²) in [5.74, 6) is -2.36. The van der Waals surface area contributed by atoms with E-state index < -0.39 is 21.6 Å². The van der Waals surface area contributed by atoms with Gasteiger partial charge in [-0.05, 0) is 55.4 Å². The first-order valence-corrected chi connectivity index (χ1v) is 12.4. The monoisotopic (exact) mass is 455 g/mol. The van der Waals surface area contributed by atoms with E-state index in [9.17, 15) is 18.0 Å². The van der Waals surface area contributed by atoms with Crippen LogP contribution in [0.25, 0.3) is 22.0 Å². The molecule has 1 saturated heterocycles. The van der Waals surface area contributed by atoms with Crippen molar-refractivity contribution in [3.05, 3.63) is 47.0 Å². The minimum Gasteiger partial charge on any atom is -0.480 e. The lowest BCUT2D eigenvalue weighted by molar-refractivity contribution is -0.134. The summed E-state index contributed by atoms with van der Waals surface area (Å²) < 4.78 is 26.8. The number of anilines is 1. The standard InChI is InChI=1S/C23H25N3O5S/c1-25-13-18(16-4-9-24-21(16)22(25)29)17-12-15(32(30,31)14-20(27)28)2-3-19(17)26-10-7-23(5-6-23)8-11-26/h2-4,9,12-13,24H,5-8,10-11,14H2,1H3,(H,27,28). The van der Waals surface area contributed by atoms with Crippen LogP contribution in [-0.2, 0) is 21.7 Å². The third-order valence-corrected chi connectivity index (χ3v) is 8.55. The normalized spacial score (nSPS) is 17.7. The largest absolute Gasteiger partial charge is 0.480 e. The zero-order valence-electron chi connectivity index (χ0n) is 17.8. The molecule has 0 radical (unpaired) electrons. The van der Waals surface area contributed by atoms with Crippen LogP contribution >= 0.6 is 0 Å². The van der Waals surface area contributed by atoms with Gasteiger partial charge in [0, 0.05) is 54.7 Å². The minimum atomic E-state index is -4.00. The average molecular weight is 456 g/mol. The quantitative estimate of drug-likeness (QED) is 0.612. The Kier molecular flexibility index (Phi) is 4.70. The molecule has 2 aliphatic rings. The summed E-state index contributed by atoms with van der Waals surface area (Å²) in [5, 5.41) is 9.77. The van der Waals surface area contributed by atoms with Crippen molar-refractivity contribution < 1.29 is 18.3 Å². The maximum Gasteiger partial charge on any atom is 0.319 e. The van der Waals surface area contributed by atoms with E-state index in [1.807, 2.05) is 6.07 Å². The number of nitrogens with zero attached hydrogens (tertiary/aromatic N) is 2. The summed E-state index contributed by atoms with van der Waals surface area (Å²) in [6.45, 7) is 1.77. The van der Waals surface area contributed by atoms with Gasteiger partial charge in [-0.2, -0.15) is 0 Å². The number of hydrogen-bond acceptors (Lipinski definition) is 5. The predicted molar refractivity (Wildman–Crippen MR) is 122 cm³/mol. The van der Waals surface area contributed by atoms with Crippen molar-refractivity contribution in [3.63, 3.8) is 0 Å². The number of sulfone groups is 1. The number of pyridine rings is 1. The maximum absolute atomic E-state index is 12.7. The van der Waals surface area contributed by atoms with Gasteiger partial charge in [0.15, 0.2) is 15.6 Å². The molecule has 9 heteroatoms. The molecule has 1 aliphatic heterocycles. The van der Waals surface area contributed by atoms with Gasteiger partial charge in [-0.25, -0.2) is 8.42 Å². The Morgan fingerprint density at radius 1 is 1.12 bits per heavy atom.